The zero-order valence-electron chi connectivity index (χ0n) is 15.3. The van der Waals surface area contributed by atoms with Crippen molar-refractivity contribution in [2.75, 3.05) is 18.5 Å². The molecule has 0 saturated carbocycles. The molecule has 162 valence electrons. The van der Waals surface area contributed by atoms with E-state index < -0.39 is 30.3 Å². The van der Waals surface area contributed by atoms with Gasteiger partial charge >= 0.3 is 5.97 Å². The van der Waals surface area contributed by atoms with E-state index in [1.807, 2.05) is 0 Å². The molecule has 0 spiro atoms. The highest BCUT2D eigenvalue weighted by Gasteiger charge is 2.41. The van der Waals surface area contributed by atoms with Crippen LogP contribution in [0.2, 0.25) is 20.1 Å². The highest BCUT2D eigenvalue weighted by molar-refractivity contribution is 9.10. The molecule has 0 atom stereocenters. The zero-order chi connectivity index (χ0) is 22.9. The van der Waals surface area contributed by atoms with Gasteiger partial charge in [-0.25, -0.2) is 0 Å². The minimum atomic E-state index is -0.782. The maximum absolute atomic E-state index is 12.6. The van der Waals surface area contributed by atoms with E-state index in [4.69, 9.17) is 51.1 Å². The number of halogens is 5. The van der Waals surface area contributed by atoms with Crippen molar-refractivity contribution in [2.24, 2.45) is 0 Å². The Morgan fingerprint density at radius 2 is 1.42 bits per heavy atom. The van der Waals surface area contributed by atoms with Crippen LogP contribution >= 0.6 is 62.3 Å². The molecule has 1 aliphatic rings. The monoisotopic (exact) mass is 566 g/mol. The van der Waals surface area contributed by atoms with Crippen LogP contribution < -0.4 is 5.32 Å². The molecule has 0 bridgehead atoms. The van der Waals surface area contributed by atoms with Crippen LogP contribution in [0.4, 0.5) is 5.69 Å². The summed E-state index contributed by atoms with van der Waals surface area (Å²) in [6.07, 6.45) is -0.340. The normalized spacial score (nSPS) is 12.7. The molecule has 1 heterocycles. The molecule has 7 nitrogen and oxygen atoms in total. The van der Waals surface area contributed by atoms with Crippen LogP contribution in [0.1, 0.15) is 27.1 Å². The van der Waals surface area contributed by atoms with Crippen LogP contribution in [-0.2, 0) is 14.3 Å². The molecule has 3 amide bonds. The molecular formula is C19H11BrCl4N2O5. The Balaban J connectivity index is 1.57. The molecule has 1 N–H and O–H groups in total. The summed E-state index contributed by atoms with van der Waals surface area (Å²) in [5, 5.41) is 1.88. The molecule has 31 heavy (non-hydrogen) atoms. The Labute approximate surface area is 204 Å². The van der Waals surface area contributed by atoms with Crippen LogP contribution in [-0.4, -0.2) is 41.7 Å². The van der Waals surface area contributed by atoms with E-state index >= 15 is 0 Å². The molecule has 2 aromatic rings. The maximum atomic E-state index is 12.6. The second-order valence-electron chi connectivity index (χ2n) is 6.23. The number of carbonyl (C=O) groups excluding carboxylic acids is 4. The van der Waals surface area contributed by atoms with Crippen molar-refractivity contribution in [3.63, 3.8) is 0 Å². The lowest BCUT2D eigenvalue weighted by atomic mass is 10.1. The highest BCUT2D eigenvalue weighted by Crippen LogP contribution is 2.44. The SMILES string of the molecule is O=C(COC(=O)CCN1C(=O)c2c(Cl)c(Cl)c(Cl)c(Cl)c2C1=O)Nc1ccc(Br)cc1. The van der Waals surface area contributed by atoms with Gasteiger partial charge in [0.15, 0.2) is 6.61 Å². The largest absolute Gasteiger partial charge is 0.456 e. The Bertz CT molecular complexity index is 1060. The van der Waals surface area contributed by atoms with E-state index in [9.17, 15) is 19.2 Å². The number of nitrogens with zero attached hydrogens (tertiary/aromatic N) is 1. The standard InChI is InChI=1S/C19H11BrCl4N2O5/c20-8-1-3-9(4-2-8)25-10(27)7-31-11(28)5-6-26-18(29)12-13(19(26)30)15(22)17(24)16(23)14(12)21/h1-4H,5-7H2,(H,25,27). The van der Waals surface area contributed by atoms with Crippen LogP contribution in [0.15, 0.2) is 28.7 Å². The highest BCUT2D eigenvalue weighted by atomic mass is 79.9. The third-order valence-corrected chi connectivity index (χ3v) is 6.55. The summed E-state index contributed by atoms with van der Waals surface area (Å²) < 4.78 is 5.73. The van der Waals surface area contributed by atoms with Gasteiger partial charge in [0.25, 0.3) is 17.7 Å². The molecule has 0 fully saturated rings. The van der Waals surface area contributed by atoms with Gasteiger partial charge in [0.2, 0.25) is 0 Å². The van der Waals surface area contributed by atoms with Gasteiger partial charge in [-0.05, 0) is 24.3 Å². The number of hydrogen-bond acceptors (Lipinski definition) is 5. The lowest BCUT2D eigenvalue weighted by Crippen LogP contribution is -2.32. The second kappa shape index (κ2) is 9.75. The first-order valence-corrected chi connectivity index (χ1v) is 10.9. The number of ether oxygens (including phenoxy) is 1. The second-order valence-corrected chi connectivity index (χ2v) is 8.66. The Morgan fingerprint density at radius 3 is 1.94 bits per heavy atom. The predicted octanol–water partition coefficient (Wildman–Crippen LogP) is 5.23. The number of nitrogens with one attached hydrogen (secondary N) is 1. The van der Waals surface area contributed by atoms with E-state index in [2.05, 4.69) is 21.2 Å². The molecule has 0 radical (unpaired) electrons. The summed E-state index contributed by atoms with van der Waals surface area (Å²) in [5.74, 6) is -2.84. The third-order valence-electron chi connectivity index (χ3n) is 4.22. The Morgan fingerprint density at radius 1 is 0.903 bits per heavy atom. The fourth-order valence-corrected chi connectivity index (χ4v) is 4.03. The molecule has 0 saturated heterocycles. The molecule has 1 aliphatic heterocycles. The molecule has 0 aromatic heterocycles. The first-order valence-electron chi connectivity index (χ1n) is 8.55. The fraction of sp³-hybridized carbons (Fsp3) is 0.158. The quantitative estimate of drug-likeness (QED) is 0.223. The summed E-state index contributed by atoms with van der Waals surface area (Å²) in [4.78, 5) is 49.8. The fourth-order valence-electron chi connectivity index (χ4n) is 2.75. The molecular weight excluding hydrogens is 558 g/mol. The number of hydrogen-bond donors (Lipinski definition) is 1. The smallest absolute Gasteiger partial charge is 0.308 e. The van der Waals surface area contributed by atoms with Crippen molar-refractivity contribution < 1.29 is 23.9 Å². The first kappa shape index (κ1) is 23.8. The molecule has 0 aliphatic carbocycles. The van der Waals surface area contributed by atoms with Crippen LogP contribution in [0.25, 0.3) is 0 Å². The average Bonchev–Trinajstić information content (AvgIpc) is 2.99. The first-order chi connectivity index (χ1) is 14.6. The minimum Gasteiger partial charge on any atom is -0.456 e. The van der Waals surface area contributed by atoms with Gasteiger partial charge in [0.1, 0.15) is 0 Å². The van der Waals surface area contributed by atoms with Gasteiger partial charge in [-0.3, -0.25) is 24.1 Å². The van der Waals surface area contributed by atoms with Crippen molar-refractivity contribution in [3.05, 3.63) is 60.0 Å². The summed E-state index contributed by atoms with van der Waals surface area (Å²) in [6, 6.07) is 6.81. The molecule has 2 aromatic carbocycles. The molecule has 0 unspecified atom stereocenters. The van der Waals surface area contributed by atoms with Crippen molar-refractivity contribution in [3.8, 4) is 0 Å². The average molecular weight is 569 g/mol. The maximum Gasteiger partial charge on any atom is 0.308 e. The van der Waals surface area contributed by atoms with Crippen molar-refractivity contribution in [2.45, 2.75) is 6.42 Å². The number of anilines is 1. The zero-order valence-corrected chi connectivity index (χ0v) is 19.9. The number of imide groups is 1. The van der Waals surface area contributed by atoms with Crippen molar-refractivity contribution in [1.82, 2.24) is 4.90 Å². The number of amides is 3. The van der Waals surface area contributed by atoms with E-state index in [0.29, 0.717) is 5.69 Å². The third kappa shape index (κ3) is 4.99. The number of esters is 1. The summed E-state index contributed by atoms with van der Waals surface area (Å²) >= 11 is 27.3. The molecule has 3 rings (SSSR count). The van der Waals surface area contributed by atoms with E-state index in [0.717, 1.165) is 9.37 Å². The van der Waals surface area contributed by atoms with E-state index in [1.54, 1.807) is 24.3 Å². The molecule has 12 heteroatoms. The predicted molar refractivity (Wildman–Crippen MR) is 120 cm³/mol. The minimum absolute atomic E-state index is 0.147. The van der Waals surface area contributed by atoms with Crippen LogP contribution in [0.5, 0.6) is 0 Å². The number of benzene rings is 2. The number of rotatable bonds is 6. The summed E-state index contributed by atoms with van der Waals surface area (Å²) in [5.41, 5.74) is 0.183. The van der Waals surface area contributed by atoms with E-state index in [-0.39, 0.29) is 44.2 Å². The number of fused-ring (bicyclic) bond motifs is 1. The van der Waals surface area contributed by atoms with Gasteiger partial charge < -0.3 is 10.1 Å². The van der Waals surface area contributed by atoms with Crippen LogP contribution in [0.3, 0.4) is 0 Å². The Hall–Kier alpha value is -1.84. The van der Waals surface area contributed by atoms with Crippen LogP contribution in [0, 0.1) is 0 Å². The lowest BCUT2D eigenvalue weighted by Gasteiger charge is -2.13. The lowest BCUT2D eigenvalue weighted by molar-refractivity contribution is -0.147. The number of carbonyl (C=O) groups is 4. The van der Waals surface area contributed by atoms with Gasteiger partial charge in [-0.1, -0.05) is 62.3 Å². The van der Waals surface area contributed by atoms with Gasteiger partial charge in [0.05, 0.1) is 37.6 Å². The Kier molecular flexibility index (Phi) is 7.49. The van der Waals surface area contributed by atoms with Gasteiger partial charge in [0, 0.05) is 16.7 Å². The summed E-state index contributed by atoms with van der Waals surface area (Å²) in [6.45, 7) is -0.832. The van der Waals surface area contributed by atoms with Gasteiger partial charge in [-0.15, -0.1) is 0 Å². The summed E-state index contributed by atoms with van der Waals surface area (Å²) in [7, 11) is 0. The van der Waals surface area contributed by atoms with Crippen molar-refractivity contribution >= 4 is 91.7 Å². The van der Waals surface area contributed by atoms with Crippen molar-refractivity contribution in [1.29, 1.82) is 0 Å². The topological polar surface area (TPSA) is 92.8 Å². The van der Waals surface area contributed by atoms with Gasteiger partial charge in [-0.2, -0.15) is 0 Å². The van der Waals surface area contributed by atoms with E-state index in [1.165, 1.54) is 0 Å².